The summed E-state index contributed by atoms with van der Waals surface area (Å²) < 4.78 is 19.4. The smallest absolute Gasteiger partial charge is 0.168 e. The highest BCUT2D eigenvalue weighted by atomic mass is 35.5. The van der Waals surface area contributed by atoms with Crippen molar-refractivity contribution in [2.45, 2.75) is 12.8 Å². The monoisotopic (exact) mass is 284 g/mol. The minimum Gasteiger partial charge on any atom is -0.454 e. The predicted molar refractivity (Wildman–Crippen MR) is 72.2 cm³/mol. The van der Waals surface area contributed by atoms with Crippen molar-refractivity contribution >= 4 is 23.2 Å². The van der Waals surface area contributed by atoms with Crippen molar-refractivity contribution in [3.8, 4) is 11.5 Å². The van der Waals surface area contributed by atoms with Crippen molar-refractivity contribution in [2.24, 2.45) is 0 Å². The Labute approximate surface area is 115 Å². The lowest BCUT2D eigenvalue weighted by Gasteiger charge is -2.12. The van der Waals surface area contributed by atoms with Crippen molar-refractivity contribution in [3.63, 3.8) is 0 Å². The summed E-state index contributed by atoms with van der Waals surface area (Å²) in [5, 5.41) is 0.510. The second-order valence-corrected chi connectivity index (χ2v) is 4.51. The molecule has 94 valence electrons. The third-order valence-electron chi connectivity index (χ3n) is 2.59. The number of aryl methyl sites for hydroxylation is 1. The maximum absolute atomic E-state index is 13.8. The zero-order valence-corrected chi connectivity index (χ0v) is 11.2. The Balaban J connectivity index is 2.40. The maximum atomic E-state index is 13.8. The Hall–Kier alpha value is -1.25. The van der Waals surface area contributed by atoms with Crippen molar-refractivity contribution in [1.82, 2.24) is 0 Å². The Morgan fingerprint density at radius 1 is 1.11 bits per heavy atom. The van der Waals surface area contributed by atoms with E-state index in [0.29, 0.717) is 21.9 Å². The summed E-state index contributed by atoms with van der Waals surface area (Å²) >= 11 is 11.8. The summed E-state index contributed by atoms with van der Waals surface area (Å²) in [6.07, 6.45) is 0. The van der Waals surface area contributed by atoms with Gasteiger partial charge in [0.1, 0.15) is 5.75 Å². The quantitative estimate of drug-likeness (QED) is 0.693. The molecule has 0 atom stereocenters. The van der Waals surface area contributed by atoms with Crippen LogP contribution in [0.1, 0.15) is 11.1 Å². The van der Waals surface area contributed by atoms with Gasteiger partial charge in [-0.2, -0.15) is 0 Å². The average molecular weight is 285 g/mol. The van der Waals surface area contributed by atoms with Gasteiger partial charge in [0, 0.05) is 10.6 Å². The molecule has 0 aliphatic carbocycles. The van der Waals surface area contributed by atoms with Gasteiger partial charge in [-0.15, -0.1) is 11.6 Å². The van der Waals surface area contributed by atoms with E-state index in [4.69, 9.17) is 27.9 Å². The highest BCUT2D eigenvalue weighted by molar-refractivity contribution is 6.32. The summed E-state index contributed by atoms with van der Waals surface area (Å²) in [5.41, 5.74) is 1.18. The standard InChI is InChI=1S/C14H11Cl2FO/c1-9-4-2-7-13(14(9)17)18-12-6-3-5-11(16)10(12)8-15/h2-7H,8H2,1H3. The van der Waals surface area contributed by atoms with Crippen LogP contribution in [0.2, 0.25) is 5.02 Å². The highest BCUT2D eigenvalue weighted by Gasteiger charge is 2.11. The van der Waals surface area contributed by atoms with Gasteiger partial charge in [-0.3, -0.25) is 0 Å². The Kier molecular flexibility index (Phi) is 4.10. The van der Waals surface area contributed by atoms with Crippen LogP contribution in [0.25, 0.3) is 0 Å². The van der Waals surface area contributed by atoms with Gasteiger partial charge in [-0.1, -0.05) is 29.8 Å². The molecule has 0 saturated carbocycles. The van der Waals surface area contributed by atoms with E-state index in [2.05, 4.69) is 0 Å². The van der Waals surface area contributed by atoms with E-state index >= 15 is 0 Å². The zero-order chi connectivity index (χ0) is 13.1. The molecule has 0 N–H and O–H groups in total. The number of alkyl halides is 1. The van der Waals surface area contributed by atoms with E-state index in [0.717, 1.165) is 0 Å². The molecule has 0 radical (unpaired) electrons. The van der Waals surface area contributed by atoms with Gasteiger partial charge in [-0.05, 0) is 30.7 Å². The van der Waals surface area contributed by atoms with Crippen molar-refractivity contribution in [1.29, 1.82) is 0 Å². The first-order chi connectivity index (χ1) is 8.63. The summed E-state index contributed by atoms with van der Waals surface area (Å²) in [4.78, 5) is 0. The third kappa shape index (κ3) is 2.60. The molecule has 0 saturated heterocycles. The van der Waals surface area contributed by atoms with E-state index < -0.39 is 0 Å². The molecule has 0 heterocycles. The lowest BCUT2D eigenvalue weighted by molar-refractivity contribution is 0.437. The number of benzene rings is 2. The van der Waals surface area contributed by atoms with Gasteiger partial charge in [-0.25, -0.2) is 4.39 Å². The van der Waals surface area contributed by atoms with Crippen molar-refractivity contribution in [2.75, 3.05) is 0 Å². The molecular weight excluding hydrogens is 274 g/mol. The zero-order valence-electron chi connectivity index (χ0n) is 9.71. The van der Waals surface area contributed by atoms with E-state index in [1.807, 2.05) is 0 Å². The van der Waals surface area contributed by atoms with Crippen LogP contribution in [0.4, 0.5) is 4.39 Å². The first-order valence-electron chi connectivity index (χ1n) is 5.40. The van der Waals surface area contributed by atoms with E-state index in [1.54, 1.807) is 43.3 Å². The van der Waals surface area contributed by atoms with Gasteiger partial charge in [0.15, 0.2) is 11.6 Å². The molecule has 0 bridgehead atoms. The molecule has 0 unspecified atom stereocenters. The molecular formula is C14H11Cl2FO. The second-order valence-electron chi connectivity index (χ2n) is 3.84. The minimum atomic E-state index is -0.377. The molecule has 0 aliphatic heterocycles. The normalized spacial score (nSPS) is 10.4. The number of rotatable bonds is 3. The fourth-order valence-corrected chi connectivity index (χ4v) is 2.16. The Morgan fingerprint density at radius 2 is 1.78 bits per heavy atom. The number of hydrogen-bond donors (Lipinski definition) is 0. The van der Waals surface area contributed by atoms with Crippen LogP contribution in [0, 0.1) is 12.7 Å². The Morgan fingerprint density at radius 3 is 2.50 bits per heavy atom. The molecule has 0 amide bonds. The molecule has 2 aromatic carbocycles. The van der Waals surface area contributed by atoms with Crippen molar-refractivity contribution in [3.05, 3.63) is 58.4 Å². The molecule has 18 heavy (non-hydrogen) atoms. The van der Waals surface area contributed by atoms with E-state index in [1.165, 1.54) is 0 Å². The van der Waals surface area contributed by atoms with Gasteiger partial charge < -0.3 is 4.74 Å². The lowest BCUT2D eigenvalue weighted by Crippen LogP contribution is -1.94. The van der Waals surface area contributed by atoms with E-state index in [9.17, 15) is 4.39 Å². The summed E-state index contributed by atoms with van der Waals surface area (Å²) in [6, 6.07) is 10.2. The van der Waals surface area contributed by atoms with Crippen molar-refractivity contribution < 1.29 is 9.13 Å². The predicted octanol–water partition coefficient (Wildman–Crippen LogP) is 5.32. The average Bonchev–Trinajstić information content (AvgIpc) is 2.35. The summed E-state index contributed by atoms with van der Waals surface area (Å²) in [7, 11) is 0. The first kappa shape index (κ1) is 13.2. The summed E-state index contributed by atoms with van der Waals surface area (Å²) in [6.45, 7) is 1.68. The molecule has 0 fully saturated rings. The van der Waals surface area contributed by atoms with Gasteiger partial charge in [0.25, 0.3) is 0 Å². The SMILES string of the molecule is Cc1cccc(Oc2cccc(Cl)c2CCl)c1F. The van der Waals surface area contributed by atoms with Gasteiger partial charge in [0.2, 0.25) is 0 Å². The fourth-order valence-electron chi connectivity index (χ4n) is 1.58. The molecule has 2 rings (SSSR count). The van der Waals surface area contributed by atoms with Crippen LogP contribution in [0.5, 0.6) is 11.5 Å². The summed E-state index contributed by atoms with van der Waals surface area (Å²) in [5.74, 6) is 0.478. The number of ether oxygens (including phenoxy) is 1. The lowest BCUT2D eigenvalue weighted by atomic mass is 10.2. The first-order valence-corrected chi connectivity index (χ1v) is 6.31. The fraction of sp³-hybridized carbons (Fsp3) is 0.143. The molecule has 2 aromatic rings. The highest BCUT2D eigenvalue weighted by Crippen LogP contribution is 2.33. The van der Waals surface area contributed by atoms with Crippen LogP contribution >= 0.6 is 23.2 Å². The number of hydrogen-bond acceptors (Lipinski definition) is 1. The van der Waals surface area contributed by atoms with Crippen LogP contribution in [0.15, 0.2) is 36.4 Å². The van der Waals surface area contributed by atoms with Gasteiger partial charge >= 0.3 is 0 Å². The van der Waals surface area contributed by atoms with Crippen LogP contribution in [-0.4, -0.2) is 0 Å². The maximum Gasteiger partial charge on any atom is 0.168 e. The molecule has 0 aliphatic rings. The largest absolute Gasteiger partial charge is 0.454 e. The minimum absolute atomic E-state index is 0.170. The molecule has 0 spiro atoms. The Bertz CT molecular complexity index is 570. The van der Waals surface area contributed by atoms with Gasteiger partial charge in [0.05, 0.1) is 5.88 Å². The van der Waals surface area contributed by atoms with E-state index in [-0.39, 0.29) is 17.4 Å². The van der Waals surface area contributed by atoms with Crippen LogP contribution < -0.4 is 4.74 Å². The molecule has 0 aromatic heterocycles. The molecule has 4 heteroatoms. The van der Waals surface area contributed by atoms with Crippen LogP contribution in [-0.2, 0) is 5.88 Å². The van der Waals surface area contributed by atoms with Crippen LogP contribution in [0.3, 0.4) is 0 Å². The third-order valence-corrected chi connectivity index (χ3v) is 3.21. The number of halogens is 3. The topological polar surface area (TPSA) is 9.23 Å². The second kappa shape index (κ2) is 5.59. The molecule has 1 nitrogen and oxygen atoms in total.